The number of aliphatic carboxylic acids is 1. The van der Waals surface area contributed by atoms with Crippen LogP contribution in [0.2, 0.25) is 0 Å². The van der Waals surface area contributed by atoms with E-state index in [1.165, 1.54) is 6.33 Å². The quantitative estimate of drug-likeness (QED) is 0.730. The van der Waals surface area contributed by atoms with E-state index < -0.39 is 12.1 Å². The van der Waals surface area contributed by atoms with E-state index in [0.717, 1.165) is 13.0 Å². The standard InChI is InChI=1S/C18H20N4O3.C2HF3O2/c23-18(15-4-7-19-12-21-15)22-9-14-13(11-25-16(14)10-22)5-8-24-17-3-1-2-6-20-17;3-2(4,5)1(6)7/h1-4,6-7,12-14,16H,5,8-11H2;(H,6,7)/t13-,14-,16-;/m0./s1. The number of halogens is 3. The summed E-state index contributed by atoms with van der Waals surface area (Å²) in [7, 11) is 0. The van der Waals surface area contributed by atoms with E-state index in [4.69, 9.17) is 19.4 Å². The molecule has 4 rings (SSSR count). The molecule has 1 N–H and O–H groups in total. The van der Waals surface area contributed by atoms with Crippen molar-refractivity contribution in [1.29, 1.82) is 0 Å². The minimum absolute atomic E-state index is 0.0520. The average Bonchev–Trinajstić information content (AvgIpc) is 3.36. The molecule has 0 aromatic carbocycles. The van der Waals surface area contributed by atoms with Gasteiger partial charge in [-0.1, -0.05) is 6.07 Å². The second-order valence-electron chi connectivity index (χ2n) is 7.21. The Morgan fingerprint density at radius 2 is 1.97 bits per heavy atom. The molecule has 0 aliphatic carbocycles. The van der Waals surface area contributed by atoms with Crippen molar-refractivity contribution in [2.24, 2.45) is 11.8 Å². The number of carboxylic acids is 1. The Labute approximate surface area is 181 Å². The fourth-order valence-electron chi connectivity index (χ4n) is 3.59. The molecule has 32 heavy (non-hydrogen) atoms. The maximum absolute atomic E-state index is 12.5. The van der Waals surface area contributed by atoms with Gasteiger partial charge in [0, 0.05) is 37.5 Å². The minimum Gasteiger partial charge on any atom is -0.478 e. The minimum atomic E-state index is -5.08. The van der Waals surface area contributed by atoms with Gasteiger partial charge in [0.05, 0.1) is 19.3 Å². The van der Waals surface area contributed by atoms with E-state index in [9.17, 15) is 18.0 Å². The molecule has 2 saturated heterocycles. The predicted molar refractivity (Wildman–Crippen MR) is 103 cm³/mol. The van der Waals surface area contributed by atoms with Gasteiger partial charge in [-0.15, -0.1) is 0 Å². The van der Waals surface area contributed by atoms with E-state index in [2.05, 4.69) is 15.0 Å². The first-order valence-corrected chi connectivity index (χ1v) is 9.76. The number of alkyl halides is 3. The fraction of sp³-hybridized carbons (Fsp3) is 0.450. The summed E-state index contributed by atoms with van der Waals surface area (Å²) in [6, 6.07) is 7.27. The summed E-state index contributed by atoms with van der Waals surface area (Å²) < 4.78 is 43.3. The Balaban J connectivity index is 0.000000360. The van der Waals surface area contributed by atoms with Crippen LogP contribution in [0.25, 0.3) is 0 Å². The van der Waals surface area contributed by atoms with Crippen molar-refractivity contribution >= 4 is 11.9 Å². The number of carboxylic acid groups (broad SMARTS) is 1. The fourth-order valence-corrected chi connectivity index (χ4v) is 3.59. The molecule has 3 atom stereocenters. The first-order chi connectivity index (χ1) is 15.3. The molecule has 12 heteroatoms. The molecule has 2 aromatic rings. The molecule has 1 amide bonds. The van der Waals surface area contributed by atoms with Crippen molar-refractivity contribution < 1.29 is 37.3 Å². The number of ether oxygens (including phenoxy) is 2. The zero-order valence-electron chi connectivity index (χ0n) is 16.8. The largest absolute Gasteiger partial charge is 0.490 e. The lowest BCUT2D eigenvalue weighted by Gasteiger charge is -2.19. The van der Waals surface area contributed by atoms with Crippen LogP contribution in [0, 0.1) is 11.8 Å². The molecule has 0 saturated carbocycles. The molecule has 4 heterocycles. The normalized spacial score (nSPS) is 22.0. The van der Waals surface area contributed by atoms with Gasteiger partial charge in [0.15, 0.2) is 0 Å². The van der Waals surface area contributed by atoms with E-state index >= 15 is 0 Å². The molecule has 2 aliphatic rings. The van der Waals surface area contributed by atoms with Crippen LogP contribution in [0.15, 0.2) is 43.0 Å². The van der Waals surface area contributed by atoms with Gasteiger partial charge in [-0.05, 0) is 24.5 Å². The SMILES string of the molecule is O=C(O)C(F)(F)F.O=C(c1ccncn1)N1C[C@H]2[C@@H](CCOc3ccccn3)CO[C@H]2C1. The topological polar surface area (TPSA) is 115 Å². The zero-order chi connectivity index (χ0) is 23.1. The number of aromatic nitrogens is 3. The third kappa shape index (κ3) is 6.13. The van der Waals surface area contributed by atoms with Crippen LogP contribution in [0.5, 0.6) is 5.88 Å². The molecular weight excluding hydrogens is 433 g/mol. The lowest BCUT2D eigenvalue weighted by atomic mass is 9.91. The molecule has 2 aliphatic heterocycles. The summed E-state index contributed by atoms with van der Waals surface area (Å²) in [6.07, 6.45) is 0.639. The summed E-state index contributed by atoms with van der Waals surface area (Å²) in [5.74, 6) is -1.41. The van der Waals surface area contributed by atoms with Crippen molar-refractivity contribution in [3.63, 3.8) is 0 Å². The van der Waals surface area contributed by atoms with Crippen molar-refractivity contribution in [2.75, 3.05) is 26.3 Å². The van der Waals surface area contributed by atoms with Crippen LogP contribution in [0.1, 0.15) is 16.9 Å². The summed E-state index contributed by atoms with van der Waals surface area (Å²) in [4.78, 5) is 35.3. The molecule has 0 radical (unpaired) electrons. The number of nitrogens with zero attached hydrogens (tertiary/aromatic N) is 4. The van der Waals surface area contributed by atoms with Gasteiger partial charge in [-0.25, -0.2) is 19.7 Å². The number of carbonyl (C=O) groups excluding carboxylic acids is 1. The average molecular weight is 454 g/mol. The van der Waals surface area contributed by atoms with Crippen LogP contribution in [-0.2, 0) is 9.53 Å². The predicted octanol–water partition coefficient (Wildman–Crippen LogP) is 2.06. The highest BCUT2D eigenvalue weighted by molar-refractivity contribution is 5.92. The van der Waals surface area contributed by atoms with Crippen LogP contribution in [-0.4, -0.2) is 75.4 Å². The molecule has 172 valence electrons. The number of amides is 1. The van der Waals surface area contributed by atoms with Crippen LogP contribution in [0.3, 0.4) is 0 Å². The van der Waals surface area contributed by atoms with E-state index in [0.29, 0.717) is 43.1 Å². The highest BCUT2D eigenvalue weighted by Gasteiger charge is 2.45. The number of fused-ring (bicyclic) bond motifs is 1. The molecular formula is C20H21F3N4O5. The Kier molecular flexibility index (Phi) is 7.57. The smallest absolute Gasteiger partial charge is 0.478 e. The summed E-state index contributed by atoms with van der Waals surface area (Å²) >= 11 is 0. The molecule has 0 spiro atoms. The van der Waals surface area contributed by atoms with Crippen molar-refractivity contribution in [3.05, 3.63) is 48.7 Å². The number of likely N-dealkylation sites (tertiary alicyclic amines) is 1. The molecule has 2 fully saturated rings. The molecule has 2 aromatic heterocycles. The maximum Gasteiger partial charge on any atom is 0.490 e. The summed E-state index contributed by atoms with van der Waals surface area (Å²) in [6.45, 7) is 2.68. The lowest BCUT2D eigenvalue weighted by molar-refractivity contribution is -0.192. The van der Waals surface area contributed by atoms with Crippen molar-refractivity contribution in [3.8, 4) is 5.88 Å². The van der Waals surface area contributed by atoms with Crippen LogP contribution < -0.4 is 4.74 Å². The molecule has 9 nitrogen and oxygen atoms in total. The Morgan fingerprint density at radius 3 is 2.59 bits per heavy atom. The third-order valence-corrected chi connectivity index (χ3v) is 5.15. The number of pyridine rings is 1. The number of rotatable bonds is 5. The zero-order valence-corrected chi connectivity index (χ0v) is 16.8. The number of carbonyl (C=O) groups is 2. The second-order valence-corrected chi connectivity index (χ2v) is 7.21. The summed E-state index contributed by atoms with van der Waals surface area (Å²) in [5, 5.41) is 7.12. The van der Waals surface area contributed by atoms with Gasteiger partial charge in [0.25, 0.3) is 5.91 Å². The van der Waals surface area contributed by atoms with Gasteiger partial charge >= 0.3 is 12.1 Å². The van der Waals surface area contributed by atoms with E-state index in [-0.39, 0.29) is 12.0 Å². The monoisotopic (exact) mass is 454 g/mol. The number of hydrogen-bond donors (Lipinski definition) is 1. The van der Waals surface area contributed by atoms with Gasteiger partial charge < -0.3 is 19.5 Å². The molecule has 0 unspecified atom stereocenters. The second kappa shape index (κ2) is 10.4. The van der Waals surface area contributed by atoms with Crippen molar-refractivity contribution in [2.45, 2.75) is 18.7 Å². The Hall–Kier alpha value is -3.28. The highest BCUT2D eigenvalue weighted by atomic mass is 19.4. The van der Waals surface area contributed by atoms with Gasteiger partial charge in [-0.2, -0.15) is 13.2 Å². The van der Waals surface area contributed by atoms with Gasteiger partial charge in [0.1, 0.15) is 12.0 Å². The summed E-state index contributed by atoms with van der Waals surface area (Å²) in [5.41, 5.74) is 0.435. The van der Waals surface area contributed by atoms with Crippen LogP contribution >= 0.6 is 0 Å². The van der Waals surface area contributed by atoms with E-state index in [1.54, 1.807) is 18.5 Å². The van der Waals surface area contributed by atoms with Gasteiger partial charge in [-0.3, -0.25) is 4.79 Å². The first kappa shape index (κ1) is 23.4. The first-order valence-electron chi connectivity index (χ1n) is 9.76. The third-order valence-electron chi connectivity index (χ3n) is 5.15. The van der Waals surface area contributed by atoms with Crippen LogP contribution in [0.4, 0.5) is 13.2 Å². The molecule has 0 bridgehead atoms. The van der Waals surface area contributed by atoms with E-state index in [1.807, 2.05) is 23.1 Å². The lowest BCUT2D eigenvalue weighted by Crippen LogP contribution is -2.32. The number of hydrogen-bond acceptors (Lipinski definition) is 7. The van der Waals surface area contributed by atoms with Crippen molar-refractivity contribution in [1.82, 2.24) is 19.9 Å². The Bertz CT molecular complexity index is 901. The highest BCUT2D eigenvalue weighted by Crippen LogP contribution is 2.36. The van der Waals surface area contributed by atoms with Gasteiger partial charge in [0.2, 0.25) is 5.88 Å². The Morgan fingerprint density at radius 1 is 1.19 bits per heavy atom. The maximum atomic E-state index is 12.5.